The maximum absolute atomic E-state index is 5.97. The van der Waals surface area contributed by atoms with Gasteiger partial charge in [0.1, 0.15) is 0 Å². The van der Waals surface area contributed by atoms with Crippen LogP contribution in [0.3, 0.4) is 0 Å². The van der Waals surface area contributed by atoms with Gasteiger partial charge in [-0.2, -0.15) is 0 Å². The molecule has 0 spiro atoms. The monoisotopic (exact) mass is 254 g/mol. The van der Waals surface area contributed by atoms with Crippen LogP contribution in [0.15, 0.2) is 0 Å². The second-order valence-electron chi connectivity index (χ2n) is 6.18. The van der Waals surface area contributed by atoms with Crippen molar-refractivity contribution in [2.75, 3.05) is 19.6 Å². The third-order valence-corrected chi connectivity index (χ3v) is 4.38. The number of likely N-dealkylation sites (tertiary alicyclic amines) is 1. The van der Waals surface area contributed by atoms with Crippen LogP contribution in [0.1, 0.15) is 71.6 Å². The molecule has 1 aliphatic rings. The molecule has 1 fully saturated rings. The first kappa shape index (κ1) is 16.0. The third kappa shape index (κ3) is 6.75. The van der Waals surface area contributed by atoms with Gasteiger partial charge in [0.2, 0.25) is 0 Å². The maximum Gasteiger partial charge on any atom is 0.00514 e. The molecule has 1 aliphatic heterocycles. The number of nitrogens with zero attached hydrogens (tertiary/aromatic N) is 1. The van der Waals surface area contributed by atoms with E-state index in [0.29, 0.717) is 6.04 Å². The van der Waals surface area contributed by atoms with Gasteiger partial charge in [0.05, 0.1) is 0 Å². The van der Waals surface area contributed by atoms with E-state index in [-0.39, 0.29) is 0 Å². The lowest BCUT2D eigenvalue weighted by molar-refractivity contribution is 0.307. The Hall–Kier alpha value is -0.0800. The van der Waals surface area contributed by atoms with Crippen molar-refractivity contribution in [1.82, 2.24) is 4.90 Å². The SMILES string of the molecule is CCCCCCCCCCN1CCC(C(C)N)C1. The number of rotatable bonds is 10. The molecule has 2 nitrogen and oxygen atoms in total. The second kappa shape index (κ2) is 9.80. The Balaban J connectivity index is 1.87. The molecule has 0 amide bonds. The summed E-state index contributed by atoms with van der Waals surface area (Å²) in [5.74, 6) is 0.749. The summed E-state index contributed by atoms with van der Waals surface area (Å²) in [5.41, 5.74) is 5.97. The van der Waals surface area contributed by atoms with Crippen LogP contribution < -0.4 is 5.73 Å². The van der Waals surface area contributed by atoms with E-state index in [0.717, 1.165) is 5.92 Å². The van der Waals surface area contributed by atoms with E-state index < -0.39 is 0 Å². The van der Waals surface area contributed by atoms with Gasteiger partial charge in [-0.1, -0.05) is 51.9 Å². The Morgan fingerprint density at radius 2 is 1.67 bits per heavy atom. The van der Waals surface area contributed by atoms with Crippen molar-refractivity contribution in [2.24, 2.45) is 11.7 Å². The van der Waals surface area contributed by atoms with Crippen molar-refractivity contribution in [1.29, 1.82) is 0 Å². The quantitative estimate of drug-likeness (QED) is 0.601. The van der Waals surface area contributed by atoms with Crippen LogP contribution in [0.2, 0.25) is 0 Å². The van der Waals surface area contributed by atoms with Gasteiger partial charge in [-0.3, -0.25) is 0 Å². The Morgan fingerprint density at radius 3 is 2.22 bits per heavy atom. The van der Waals surface area contributed by atoms with Gasteiger partial charge in [-0.05, 0) is 38.8 Å². The summed E-state index contributed by atoms with van der Waals surface area (Å²) in [7, 11) is 0. The fourth-order valence-electron chi connectivity index (χ4n) is 2.96. The standard InChI is InChI=1S/C16H34N2/c1-3-4-5-6-7-8-9-10-12-18-13-11-16(14-18)15(2)17/h15-16H,3-14,17H2,1-2H3. The van der Waals surface area contributed by atoms with Crippen molar-refractivity contribution in [3.05, 3.63) is 0 Å². The van der Waals surface area contributed by atoms with Gasteiger partial charge in [-0.25, -0.2) is 0 Å². The highest BCUT2D eigenvalue weighted by molar-refractivity contribution is 4.80. The van der Waals surface area contributed by atoms with Crippen LogP contribution in [-0.4, -0.2) is 30.6 Å². The van der Waals surface area contributed by atoms with Gasteiger partial charge in [-0.15, -0.1) is 0 Å². The number of hydrogen-bond donors (Lipinski definition) is 1. The first-order valence-electron chi connectivity index (χ1n) is 8.22. The Bertz CT molecular complexity index is 192. The summed E-state index contributed by atoms with van der Waals surface area (Å²) < 4.78 is 0. The number of nitrogens with two attached hydrogens (primary N) is 1. The molecular weight excluding hydrogens is 220 g/mol. The molecule has 18 heavy (non-hydrogen) atoms. The van der Waals surface area contributed by atoms with Gasteiger partial charge in [0.15, 0.2) is 0 Å². The average Bonchev–Trinajstić information content (AvgIpc) is 2.81. The lowest BCUT2D eigenvalue weighted by Crippen LogP contribution is -2.30. The zero-order valence-electron chi connectivity index (χ0n) is 12.7. The lowest BCUT2D eigenvalue weighted by atomic mass is 10.0. The first-order valence-corrected chi connectivity index (χ1v) is 8.22. The molecule has 108 valence electrons. The van der Waals surface area contributed by atoms with Crippen LogP contribution in [0.5, 0.6) is 0 Å². The Morgan fingerprint density at radius 1 is 1.06 bits per heavy atom. The highest BCUT2D eigenvalue weighted by Crippen LogP contribution is 2.19. The van der Waals surface area contributed by atoms with Crippen LogP contribution in [0.25, 0.3) is 0 Å². The molecule has 0 aliphatic carbocycles. The molecule has 0 aromatic carbocycles. The molecule has 0 saturated carbocycles. The molecule has 2 unspecified atom stereocenters. The Labute approximate surface area is 114 Å². The predicted molar refractivity (Wildman–Crippen MR) is 80.8 cm³/mol. The molecule has 2 N–H and O–H groups in total. The van der Waals surface area contributed by atoms with E-state index >= 15 is 0 Å². The third-order valence-electron chi connectivity index (χ3n) is 4.38. The van der Waals surface area contributed by atoms with E-state index in [1.54, 1.807) is 0 Å². The summed E-state index contributed by atoms with van der Waals surface area (Å²) in [6.45, 7) is 8.27. The molecule has 2 atom stereocenters. The molecule has 2 heteroatoms. The molecule has 0 aromatic heterocycles. The number of unbranched alkanes of at least 4 members (excludes halogenated alkanes) is 7. The molecule has 1 rings (SSSR count). The van der Waals surface area contributed by atoms with Crippen LogP contribution in [-0.2, 0) is 0 Å². The largest absolute Gasteiger partial charge is 0.328 e. The summed E-state index contributed by atoms with van der Waals surface area (Å²) in [5, 5.41) is 0. The van der Waals surface area contributed by atoms with E-state index in [2.05, 4.69) is 18.7 Å². The summed E-state index contributed by atoms with van der Waals surface area (Å²) in [4.78, 5) is 2.62. The predicted octanol–water partition coefficient (Wildman–Crippen LogP) is 3.80. The number of hydrogen-bond acceptors (Lipinski definition) is 2. The summed E-state index contributed by atoms with van der Waals surface area (Å²) in [6.07, 6.45) is 12.7. The van der Waals surface area contributed by atoms with Crippen molar-refractivity contribution in [3.63, 3.8) is 0 Å². The van der Waals surface area contributed by atoms with Gasteiger partial charge in [0, 0.05) is 12.6 Å². The molecule has 0 aromatic rings. The molecule has 0 bridgehead atoms. The minimum Gasteiger partial charge on any atom is -0.328 e. The highest BCUT2D eigenvalue weighted by Gasteiger charge is 2.24. The van der Waals surface area contributed by atoms with Crippen molar-refractivity contribution >= 4 is 0 Å². The second-order valence-corrected chi connectivity index (χ2v) is 6.18. The smallest absolute Gasteiger partial charge is 0.00514 e. The maximum atomic E-state index is 5.97. The van der Waals surface area contributed by atoms with Crippen molar-refractivity contribution in [2.45, 2.75) is 77.7 Å². The normalized spacial score (nSPS) is 22.5. The molecule has 1 heterocycles. The van der Waals surface area contributed by atoms with E-state index in [9.17, 15) is 0 Å². The van der Waals surface area contributed by atoms with Crippen molar-refractivity contribution < 1.29 is 0 Å². The zero-order chi connectivity index (χ0) is 13.2. The lowest BCUT2D eigenvalue weighted by Gasteiger charge is -2.17. The van der Waals surface area contributed by atoms with Crippen LogP contribution in [0.4, 0.5) is 0 Å². The highest BCUT2D eigenvalue weighted by atomic mass is 15.1. The van der Waals surface area contributed by atoms with Crippen molar-refractivity contribution in [3.8, 4) is 0 Å². The molecule has 1 saturated heterocycles. The average molecular weight is 254 g/mol. The van der Waals surface area contributed by atoms with Gasteiger partial charge >= 0.3 is 0 Å². The van der Waals surface area contributed by atoms with Gasteiger partial charge < -0.3 is 10.6 Å². The molecular formula is C16H34N2. The molecule has 0 radical (unpaired) electrons. The zero-order valence-corrected chi connectivity index (χ0v) is 12.7. The van der Waals surface area contributed by atoms with E-state index in [1.165, 1.54) is 77.4 Å². The minimum atomic E-state index is 0.383. The van der Waals surface area contributed by atoms with E-state index in [1.807, 2.05) is 0 Å². The summed E-state index contributed by atoms with van der Waals surface area (Å²) >= 11 is 0. The fraction of sp³-hybridized carbons (Fsp3) is 1.00. The van der Waals surface area contributed by atoms with Crippen LogP contribution in [0, 0.1) is 5.92 Å². The minimum absolute atomic E-state index is 0.383. The summed E-state index contributed by atoms with van der Waals surface area (Å²) in [6, 6.07) is 0.383. The topological polar surface area (TPSA) is 29.3 Å². The van der Waals surface area contributed by atoms with E-state index in [4.69, 9.17) is 5.73 Å². The Kier molecular flexibility index (Phi) is 8.70. The van der Waals surface area contributed by atoms with Gasteiger partial charge in [0.25, 0.3) is 0 Å². The fourth-order valence-corrected chi connectivity index (χ4v) is 2.96. The first-order chi connectivity index (χ1) is 8.74. The van der Waals surface area contributed by atoms with Crippen LogP contribution >= 0.6 is 0 Å².